The third-order valence-electron chi connectivity index (χ3n) is 3.04. The van der Waals surface area contributed by atoms with Crippen molar-refractivity contribution in [3.8, 4) is 0 Å². The van der Waals surface area contributed by atoms with E-state index in [4.69, 9.17) is 21.4 Å². The van der Waals surface area contributed by atoms with Crippen molar-refractivity contribution in [3.63, 3.8) is 0 Å². The second-order valence-corrected chi connectivity index (χ2v) is 4.73. The molecule has 1 aromatic carbocycles. The van der Waals surface area contributed by atoms with Gasteiger partial charge in [-0.1, -0.05) is 29.8 Å². The summed E-state index contributed by atoms with van der Waals surface area (Å²) in [5, 5.41) is 9.39. The van der Waals surface area contributed by atoms with Crippen LogP contribution in [0, 0.1) is 0 Å². The van der Waals surface area contributed by atoms with Crippen LogP contribution in [0.5, 0.6) is 0 Å². The van der Waals surface area contributed by atoms with E-state index in [1.54, 1.807) is 0 Å². The van der Waals surface area contributed by atoms with Gasteiger partial charge in [0, 0.05) is 30.2 Å². The van der Waals surface area contributed by atoms with Crippen LogP contribution in [0.4, 0.5) is 0 Å². The summed E-state index contributed by atoms with van der Waals surface area (Å²) in [5.74, 6) is -0.768. The number of carboxylic acids is 1. The van der Waals surface area contributed by atoms with E-state index in [9.17, 15) is 4.79 Å². The minimum absolute atomic E-state index is 0.0683. The Labute approximate surface area is 111 Å². The highest BCUT2D eigenvalue weighted by atomic mass is 35.5. The average Bonchev–Trinajstić information content (AvgIpc) is 2.37. The molecule has 0 amide bonds. The highest BCUT2D eigenvalue weighted by molar-refractivity contribution is 6.31. The normalized spacial score (nSPS) is 20.8. The summed E-state index contributed by atoms with van der Waals surface area (Å²) in [6.07, 6.45) is 0.0937. The van der Waals surface area contributed by atoms with Crippen molar-refractivity contribution in [2.45, 2.75) is 12.5 Å². The average molecular weight is 270 g/mol. The topological polar surface area (TPSA) is 49.8 Å². The molecule has 5 heteroatoms. The zero-order valence-electron chi connectivity index (χ0n) is 10.0. The van der Waals surface area contributed by atoms with E-state index in [1.165, 1.54) is 0 Å². The van der Waals surface area contributed by atoms with E-state index in [1.807, 2.05) is 24.3 Å². The van der Waals surface area contributed by atoms with Crippen molar-refractivity contribution in [3.05, 3.63) is 34.9 Å². The third-order valence-corrected chi connectivity index (χ3v) is 3.39. The van der Waals surface area contributed by atoms with Crippen LogP contribution in [0.15, 0.2) is 24.3 Å². The minimum Gasteiger partial charge on any atom is -0.481 e. The molecule has 1 aliphatic heterocycles. The fourth-order valence-electron chi connectivity index (χ4n) is 2.08. The zero-order chi connectivity index (χ0) is 13.0. The van der Waals surface area contributed by atoms with Crippen molar-refractivity contribution < 1.29 is 14.6 Å². The van der Waals surface area contributed by atoms with Crippen LogP contribution < -0.4 is 0 Å². The van der Waals surface area contributed by atoms with Gasteiger partial charge in [-0.3, -0.25) is 9.69 Å². The summed E-state index contributed by atoms with van der Waals surface area (Å²) in [6.45, 7) is 2.63. The number of rotatable bonds is 4. The highest BCUT2D eigenvalue weighted by Gasteiger charge is 2.23. The summed E-state index contributed by atoms with van der Waals surface area (Å²) in [5.41, 5.74) is 0.971. The predicted octanol–water partition coefficient (Wildman–Crippen LogP) is 2.19. The summed E-state index contributed by atoms with van der Waals surface area (Å²) in [4.78, 5) is 12.7. The van der Waals surface area contributed by atoms with E-state index in [0.717, 1.165) is 12.1 Å². The van der Waals surface area contributed by atoms with Gasteiger partial charge in [-0.15, -0.1) is 0 Å². The standard InChI is InChI=1S/C13H16ClNO3/c14-11-4-2-1-3-10(11)12-9-15(7-8-18-12)6-5-13(16)17/h1-4,12H,5-9H2,(H,16,17)/t12-/m1/s1. The molecule has 18 heavy (non-hydrogen) atoms. The third kappa shape index (κ3) is 3.45. The van der Waals surface area contributed by atoms with Crippen molar-refractivity contribution in [1.82, 2.24) is 4.90 Å². The summed E-state index contributed by atoms with van der Waals surface area (Å²) in [6, 6.07) is 7.61. The Kier molecular flexibility index (Phi) is 4.58. The lowest BCUT2D eigenvalue weighted by atomic mass is 10.1. The van der Waals surface area contributed by atoms with E-state index < -0.39 is 5.97 Å². The van der Waals surface area contributed by atoms with Crippen LogP contribution in [-0.4, -0.2) is 42.2 Å². The van der Waals surface area contributed by atoms with E-state index in [-0.39, 0.29) is 12.5 Å². The van der Waals surface area contributed by atoms with Gasteiger partial charge in [0.2, 0.25) is 0 Å². The maximum absolute atomic E-state index is 10.6. The van der Waals surface area contributed by atoms with E-state index in [0.29, 0.717) is 24.7 Å². The number of halogens is 1. The SMILES string of the molecule is O=C(O)CCN1CCO[C@@H](c2ccccc2Cl)C1. The Bertz CT molecular complexity index is 424. The number of nitrogens with zero attached hydrogens (tertiary/aromatic N) is 1. The summed E-state index contributed by atoms with van der Waals surface area (Å²) < 4.78 is 5.71. The second-order valence-electron chi connectivity index (χ2n) is 4.33. The number of aliphatic carboxylic acids is 1. The van der Waals surface area contributed by atoms with Gasteiger partial charge in [0.25, 0.3) is 0 Å². The monoisotopic (exact) mass is 269 g/mol. The van der Waals surface area contributed by atoms with Crippen LogP contribution in [0.2, 0.25) is 5.02 Å². The first-order chi connectivity index (χ1) is 8.66. The first-order valence-electron chi connectivity index (χ1n) is 5.97. The molecule has 1 aromatic rings. The second kappa shape index (κ2) is 6.18. The number of carbonyl (C=O) groups is 1. The van der Waals surface area contributed by atoms with Gasteiger partial charge in [-0.2, -0.15) is 0 Å². The molecule has 0 aliphatic carbocycles. The Balaban J connectivity index is 1.98. The van der Waals surface area contributed by atoms with Crippen LogP contribution in [-0.2, 0) is 9.53 Å². The maximum Gasteiger partial charge on any atom is 0.304 e. The van der Waals surface area contributed by atoms with Crippen LogP contribution in [0.3, 0.4) is 0 Å². The lowest BCUT2D eigenvalue weighted by molar-refractivity contribution is -0.137. The van der Waals surface area contributed by atoms with Gasteiger partial charge in [-0.05, 0) is 6.07 Å². The smallest absolute Gasteiger partial charge is 0.304 e. The first kappa shape index (κ1) is 13.3. The van der Waals surface area contributed by atoms with Crippen molar-refractivity contribution in [1.29, 1.82) is 0 Å². The molecule has 0 unspecified atom stereocenters. The van der Waals surface area contributed by atoms with Crippen LogP contribution >= 0.6 is 11.6 Å². The Hall–Kier alpha value is -1.10. The molecule has 1 N–H and O–H groups in total. The molecule has 0 spiro atoms. The predicted molar refractivity (Wildman–Crippen MR) is 68.8 cm³/mol. The summed E-state index contributed by atoms with van der Waals surface area (Å²) in [7, 11) is 0. The number of hydrogen-bond acceptors (Lipinski definition) is 3. The largest absolute Gasteiger partial charge is 0.481 e. The number of carboxylic acid groups (broad SMARTS) is 1. The molecule has 1 fully saturated rings. The van der Waals surface area contributed by atoms with Crippen molar-refractivity contribution in [2.75, 3.05) is 26.2 Å². The molecule has 1 aliphatic rings. The molecule has 1 saturated heterocycles. The van der Waals surface area contributed by atoms with Gasteiger partial charge in [-0.25, -0.2) is 0 Å². The van der Waals surface area contributed by atoms with E-state index in [2.05, 4.69) is 4.90 Å². The molecular weight excluding hydrogens is 254 g/mol. The van der Waals surface area contributed by atoms with Crippen LogP contribution in [0.25, 0.3) is 0 Å². The van der Waals surface area contributed by atoms with Gasteiger partial charge < -0.3 is 9.84 Å². The van der Waals surface area contributed by atoms with Gasteiger partial charge in [0.05, 0.1) is 19.1 Å². The van der Waals surface area contributed by atoms with Crippen molar-refractivity contribution >= 4 is 17.6 Å². The molecule has 1 heterocycles. The van der Waals surface area contributed by atoms with Crippen molar-refractivity contribution in [2.24, 2.45) is 0 Å². The molecule has 0 aromatic heterocycles. The number of benzene rings is 1. The molecule has 98 valence electrons. The lowest BCUT2D eigenvalue weighted by Gasteiger charge is -2.33. The number of ether oxygens (including phenoxy) is 1. The fraction of sp³-hybridized carbons (Fsp3) is 0.462. The molecule has 0 bridgehead atoms. The Morgan fingerprint density at radius 3 is 3.00 bits per heavy atom. The van der Waals surface area contributed by atoms with Gasteiger partial charge >= 0.3 is 5.97 Å². The molecular formula is C13H16ClNO3. The van der Waals surface area contributed by atoms with Crippen LogP contribution in [0.1, 0.15) is 18.1 Å². The highest BCUT2D eigenvalue weighted by Crippen LogP contribution is 2.28. The maximum atomic E-state index is 10.6. The number of morpholine rings is 1. The fourth-order valence-corrected chi connectivity index (χ4v) is 2.34. The van der Waals surface area contributed by atoms with Gasteiger partial charge in [0.15, 0.2) is 0 Å². The first-order valence-corrected chi connectivity index (χ1v) is 6.35. The molecule has 0 saturated carbocycles. The quantitative estimate of drug-likeness (QED) is 0.910. The van der Waals surface area contributed by atoms with Gasteiger partial charge in [0.1, 0.15) is 0 Å². The molecule has 1 atom stereocenters. The zero-order valence-corrected chi connectivity index (χ0v) is 10.8. The Morgan fingerprint density at radius 1 is 1.50 bits per heavy atom. The Morgan fingerprint density at radius 2 is 2.28 bits per heavy atom. The number of hydrogen-bond donors (Lipinski definition) is 1. The minimum atomic E-state index is -0.768. The van der Waals surface area contributed by atoms with E-state index >= 15 is 0 Å². The lowest BCUT2D eigenvalue weighted by Crippen LogP contribution is -2.39. The molecule has 4 nitrogen and oxygen atoms in total. The molecule has 0 radical (unpaired) electrons. The summed E-state index contributed by atoms with van der Waals surface area (Å²) >= 11 is 6.14. The molecule has 2 rings (SSSR count).